The van der Waals surface area contributed by atoms with Crippen molar-refractivity contribution >= 4 is 13.2 Å². The molecule has 1 aliphatic rings. The Labute approximate surface area is 135 Å². The van der Waals surface area contributed by atoms with Gasteiger partial charge in [-0.1, -0.05) is 0 Å². The number of hydrogen-bond donors (Lipinski definition) is 2. The van der Waals surface area contributed by atoms with E-state index < -0.39 is 42.6 Å². The highest BCUT2D eigenvalue weighted by molar-refractivity contribution is 7.72. The fraction of sp³-hybridized carbons (Fsp3) is 0.667. The van der Waals surface area contributed by atoms with Gasteiger partial charge in [0.15, 0.2) is 0 Å². The highest BCUT2D eigenvalue weighted by Crippen LogP contribution is 2.40. The maximum Gasteiger partial charge on any atom is 0.330 e. The topological polar surface area (TPSA) is 93.7 Å². The molecule has 0 amide bonds. The van der Waals surface area contributed by atoms with Crippen LogP contribution in [0.3, 0.4) is 0 Å². The molecule has 1 aromatic heterocycles. The van der Waals surface area contributed by atoms with Crippen molar-refractivity contribution in [2.45, 2.75) is 30.8 Å². The van der Waals surface area contributed by atoms with Crippen molar-refractivity contribution < 1.29 is 14.9 Å². The Morgan fingerprint density at radius 2 is 1.87 bits per heavy atom. The van der Waals surface area contributed by atoms with Crippen molar-refractivity contribution in [2.75, 3.05) is 19.5 Å². The summed E-state index contributed by atoms with van der Waals surface area (Å²) in [6, 6.07) is 0. The molecule has 2 heterocycles. The van der Waals surface area contributed by atoms with E-state index in [1.165, 1.54) is 24.9 Å². The van der Waals surface area contributed by atoms with E-state index in [0.717, 1.165) is 10.7 Å². The molecule has 1 aromatic rings. The first-order chi connectivity index (χ1) is 10.5. The third kappa shape index (κ3) is 3.69. The predicted molar refractivity (Wildman–Crippen MR) is 91.9 cm³/mol. The Hall–Kier alpha value is -1.14. The minimum absolute atomic E-state index is 0.173. The summed E-state index contributed by atoms with van der Waals surface area (Å²) in [6.07, 6.45) is 3.14. The molecule has 130 valence electrons. The summed E-state index contributed by atoms with van der Waals surface area (Å²) < 4.78 is 7.99. The molecule has 4 atom stereocenters. The van der Waals surface area contributed by atoms with Crippen molar-refractivity contribution in [3.63, 3.8) is 0 Å². The van der Waals surface area contributed by atoms with Crippen LogP contribution < -0.4 is 11.2 Å². The van der Waals surface area contributed by atoms with Crippen LogP contribution in [0.1, 0.15) is 18.1 Å². The summed E-state index contributed by atoms with van der Waals surface area (Å²) in [5.74, 6) is 0. The zero-order valence-electron chi connectivity index (χ0n) is 14.0. The van der Waals surface area contributed by atoms with Crippen LogP contribution in [0.25, 0.3) is 0 Å². The van der Waals surface area contributed by atoms with E-state index >= 15 is 0 Å². The summed E-state index contributed by atoms with van der Waals surface area (Å²) in [5.41, 5.74) is -0.797. The first kappa shape index (κ1) is 18.2. The number of rotatable bonds is 4. The Morgan fingerprint density at radius 1 is 1.26 bits per heavy atom. The molecule has 0 aromatic carbocycles. The molecule has 7 nitrogen and oxygen atoms in total. The Kier molecular flexibility index (Phi) is 5.06. The monoisotopic (exact) mass is 344 g/mol. The molecule has 1 unspecified atom stereocenters. The molecule has 0 bridgehead atoms. The van der Waals surface area contributed by atoms with Crippen LogP contribution in [-0.4, -0.2) is 63.5 Å². The number of aliphatic hydroxyl groups is 2. The summed E-state index contributed by atoms with van der Waals surface area (Å²) in [7, 11) is 2.90. The highest BCUT2D eigenvalue weighted by atomic mass is 31.2. The largest absolute Gasteiger partial charge is 0.388 e. The van der Waals surface area contributed by atoms with E-state index in [9.17, 15) is 19.8 Å². The second-order valence-electron chi connectivity index (χ2n) is 6.87. The average molecular weight is 344 g/mol. The molecule has 2 rings (SSSR count). The predicted octanol–water partition coefficient (Wildman–Crippen LogP) is -0.655. The van der Waals surface area contributed by atoms with Gasteiger partial charge in [0.2, 0.25) is 0 Å². The van der Waals surface area contributed by atoms with Crippen LogP contribution in [0.5, 0.6) is 0 Å². The minimum Gasteiger partial charge on any atom is -0.388 e. The van der Waals surface area contributed by atoms with Crippen LogP contribution >= 0.6 is 6.89 Å². The molecule has 2 N–H and O–H groups in total. The van der Waals surface area contributed by atoms with Gasteiger partial charge in [-0.15, -0.1) is 13.2 Å². The zero-order chi connectivity index (χ0) is 17.5. The van der Waals surface area contributed by atoms with Crippen LogP contribution in [0.2, 0.25) is 0 Å². The summed E-state index contributed by atoms with van der Waals surface area (Å²) >= 11 is 0. The van der Waals surface area contributed by atoms with E-state index in [0.29, 0.717) is 6.42 Å². The molecule has 1 saturated heterocycles. The van der Waals surface area contributed by atoms with Crippen molar-refractivity contribution in [3.8, 4) is 0 Å². The lowest BCUT2D eigenvalue weighted by Crippen LogP contribution is -2.40. The van der Waals surface area contributed by atoms with E-state index in [-0.39, 0.29) is 5.56 Å². The standard InChI is InChI=1S/C15H25N2O5P/c1-16-8-9(14(20)17(2)15(16)21)13-12(19)11(18)10(22-13)6-7-23(3,4)5/h8,10-13,18-19H,3,6-7H2,1-2,4-5H3/t10-,11-,12-,13?/m1/s1. The molecule has 0 radical (unpaired) electrons. The maximum absolute atomic E-state index is 12.3. The molecule has 1 aliphatic heterocycles. The van der Waals surface area contributed by atoms with Crippen LogP contribution in [-0.2, 0) is 18.8 Å². The van der Waals surface area contributed by atoms with Crippen LogP contribution in [0.15, 0.2) is 15.8 Å². The zero-order valence-corrected chi connectivity index (χ0v) is 14.9. The van der Waals surface area contributed by atoms with E-state index in [1.807, 2.05) is 0 Å². The molecule has 1 fully saturated rings. The van der Waals surface area contributed by atoms with Gasteiger partial charge in [-0.25, -0.2) is 4.79 Å². The molecule has 23 heavy (non-hydrogen) atoms. The number of nitrogens with zero attached hydrogens (tertiary/aromatic N) is 2. The fourth-order valence-corrected chi connectivity index (χ4v) is 3.71. The second-order valence-corrected chi connectivity index (χ2v) is 11.2. The molecule has 0 saturated carbocycles. The van der Waals surface area contributed by atoms with Gasteiger partial charge in [0, 0.05) is 20.3 Å². The summed E-state index contributed by atoms with van der Waals surface area (Å²) in [6.45, 7) is 2.90. The Morgan fingerprint density at radius 3 is 2.43 bits per heavy atom. The Balaban J connectivity index is 2.30. The quantitative estimate of drug-likeness (QED) is 0.708. The fourth-order valence-electron chi connectivity index (χ4n) is 2.75. The van der Waals surface area contributed by atoms with E-state index in [1.54, 1.807) is 0 Å². The average Bonchev–Trinajstić information content (AvgIpc) is 2.74. The number of ether oxygens (including phenoxy) is 1. The summed E-state index contributed by atoms with van der Waals surface area (Å²) in [4.78, 5) is 24.0. The third-order valence-electron chi connectivity index (χ3n) is 4.16. The van der Waals surface area contributed by atoms with Gasteiger partial charge >= 0.3 is 5.69 Å². The molecular formula is C15H25N2O5P. The number of aliphatic hydroxyl groups excluding tert-OH is 2. The van der Waals surface area contributed by atoms with E-state index in [2.05, 4.69) is 19.6 Å². The van der Waals surface area contributed by atoms with Gasteiger partial charge in [-0.05, 0) is 25.9 Å². The van der Waals surface area contributed by atoms with Crippen molar-refractivity contribution in [1.29, 1.82) is 0 Å². The lowest BCUT2D eigenvalue weighted by molar-refractivity contribution is 0.00476. The second kappa shape index (κ2) is 6.40. The van der Waals surface area contributed by atoms with Crippen molar-refractivity contribution in [3.05, 3.63) is 32.6 Å². The van der Waals surface area contributed by atoms with Gasteiger partial charge < -0.3 is 19.5 Å². The number of hydrogen-bond acceptors (Lipinski definition) is 5. The third-order valence-corrected chi connectivity index (χ3v) is 5.63. The smallest absolute Gasteiger partial charge is 0.330 e. The first-order valence-electron chi connectivity index (χ1n) is 7.48. The van der Waals surface area contributed by atoms with Crippen LogP contribution in [0, 0.1) is 0 Å². The first-order valence-corrected chi connectivity index (χ1v) is 10.5. The van der Waals surface area contributed by atoms with Crippen molar-refractivity contribution in [2.24, 2.45) is 14.1 Å². The van der Waals surface area contributed by atoms with Gasteiger partial charge in [0.05, 0.1) is 11.7 Å². The van der Waals surface area contributed by atoms with E-state index in [4.69, 9.17) is 4.74 Å². The van der Waals surface area contributed by atoms with Gasteiger partial charge in [-0.3, -0.25) is 9.36 Å². The van der Waals surface area contributed by atoms with Gasteiger partial charge in [0.1, 0.15) is 18.3 Å². The molecular weight excluding hydrogens is 319 g/mol. The highest BCUT2D eigenvalue weighted by Gasteiger charge is 2.44. The lowest BCUT2D eigenvalue weighted by atomic mass is 10.0. The van der Waals surface area contributed by atoms with Crippen LogP contribution in [0.4, 0.5) is 0 Å². The Bertz CT molecular complexity index is 747. The maximum atomic E-state index is 12.3. The minimum atomic E-state index is -1.27. The molecule has 0 spiro atoms. The summed E-state index contributed by atoms with van der Waals surface area (Å²) in [5, 5.41) is 20.5. The SMILES string of the molecule is C=P(C)(C)CC[C@H]1OC(c2cn(C)c(=O)n(C)c2=O)[C@H](O)[C@@H]1O. The normalized spacial score (nSPS) is 28.3. The lowest BCUT2D eigenvalue weighted by Gasteiger charge is -2.18. The van der Waals surface area contributed by atoms with Crippen molar-refractivity contribution in [1.82, 2.24) is 9.13 Å². The number of aryl methyl sites for hydroxylation is 1. The molecule has 0 aliphatic carbocycles. The molecule has 8 heteroatoms. The van der Waals surface area contributed by atoms with Gasteiger partial charge in [0.25, 0.3) is 5.56 Å². The number of aromatic nitrogens is 2. The van der Waals surface area contributed by atoms with Gasteiger partial charge in [-0.2, -0.15) is 0 Å².